The van der Waals surface area contributed by atoms with Crippen molar-refractivity contribution in [2.24, 2.45) is 0 Å². The predicted molar refractivity (Wildman–Crippen MR) is 248 cm³/mol. The van der Waals surface area contributed by atoms with Crippen molar-refractivity contribution in [2.45, 2.75) is 0 Å². The highest BCUT2D eigenvalue weighted by Crippen LogP contribution is 2.42. The van der Waals surface area contributed by atoms with Crippen LogP contribution in [0, 0.1) is 0 Å². The van der Waals surface area contributed by atoms with Gasteiger partial charge in [-0.1, -0.05) is 158 Å². The second-order valence-corrected chi connectivity index (χ2v) is 15.2. The van der Waals surface area contributed by atoms with Gasteiger partial charge in [-0.3, -0.25) is 0 Å². The molecule has 280 valence electrons. The number of nitrogens with zero attached hydrogens (tertiary/aromatic N) is 5. The van der Waals surface area contributed by atoms with E-state index >= 15 is 0 Å². The molecule has 60 heavy (non-hydrogen) atoms. The second-order valence-electron chi connectivity index (χ2n) is 15.2. The zero-order valence-electron chi connectivity index (χ0n) is 32.4. The lowest BCUT2D eigenvalue weighted by molar-refractivity contribution is 1.17. The fraction of sp³-hybridized carbons (Fsp3) is 0. The molecule has 0 bridgehead atoms. The molecule has 0 aliphatic rings. The number of hydrogen-bond acceptors (Lipinski definition) is 3. The Morgan fingerprint density at radius 2 is 0.783 bits per heavy atom. The summed E-state index contributed by atoms with van der Waals surface area (Å²) in [5.74, 6) is 0.668. The van der Waals surface area contributed by atoms with Crippen molar-refractivity contribution < 1.29 is 0 Å². The second kappa shape index (κ2) is 13.8. The number of hydrogen-bond donors (Lipinski definition) is 0. The van der Waals surface area contributed by atoms with Gasteiger partial charge < -0.3 is 9.13 Å². The van der Waals surface area contributed by atoms with E-state index in [9.17, 15) is 0 Å². The molecule has 0 saturated heterocycles. The molecule has 5 nitrogen and oxygen atoms in total. The van der Waals surface area contributed by atoms with Gasteiger partial charge >= 0.3 is 0 Å². The summed E-state index contributed by atoms with van der Waals surface area (Å²) in [6.07, 6.45) is 0. The van der Waals surface area contributed by atoms with Crippen LogP contribution in [0.25, 0.3) is 111 Å². The average Bonchev–Trinajstić information content (AvgIpc) is 3.86. The summed E-state index contributed by atoms with van der Waals surface area (Å²) in [6.45, 7) is 0. The first-order valence-electron chi connectivity index (χ1n) is 20.3. The van der Waals surface area contributed by atoms with E-state index < -0.39 is 0 Å². The van der Waals surface area contributed by atoms with Gasteiger partial charge in [0.1, 0.15) is 0 Å². The normalized spacial score (nSPS) is 11.7. The molecule has 12 aromatic rings. The van der Waals surface area contributed by atoms with Crippen molar-refractivity contribution in [3.63, 3.8) is 0 Å². The number of fused-ring (bicyclic) bond motifs is 8. The standard InChI is InChI=1S/C55H35N5/c1-3-15-36(16-4-1)47-35-48(37-31-33-41(34-32-37)59-49-24-12-8-19-42(49)43-20-9-13-25-50(43)59)58-55(57-47)39-29-27-38(28-30-39)53-52-45-22-10-14-26-51(45)60(40-17-5-2-6-18-40)54(52)44-21-7-11-23-46(44)56-53/h1-35H. The van der Waals surface area contributed by atoms with Crippen LogP contribution in [0.3, 0.4) is 0 Å². The third-order valence-corrected chi connectivity index (χ3v) is 11.7. The maximum Gasteiger partial charge on any atom is 0.160 e. The quantitative estimate of drug-likeness (QED) is 0.169. The van der Waals surface area contributed by atoms with Gasteiger partial charge in [-0.15, -0.1) is 0 Å². The molecule has 0 spiro atoms. The van der Waals surface area contributed by atoms with E-state index in [2.05, 4.69) is 215 Å². The summed E-state index contributed by atoms with van der Waals surface area (Å²) in [6, 6.07) is 74.7. The van der Waals surface area contributed by atoms with Gasteiger partial charge in [0.2, 0.25) is 0 Å². The Bertz CT molecular complexity index is 3510. The Labute approximate surface area is 346 Å². The van der Waals surface area contributed by atoms with Gasteiger partial charge in [-0.2, -0.15) is 0 Å². The van der Waals surface area contributed by atoms with Crippen LogP contribution in [0.1, 0.15) is 0 Å². The van der Waals surface area contributed by atoms with Crippen LogP contribution in [0.4, 0.5) is 0 Å². The predicted octanol–water partition coefficient (Wildman–Crippen LogP) is 13.9. The number of aromatic nitrogens is 5. The number of benzene rings is 8. The molecule has 0 saturated carbocycles. The highest BCUT2D eigenvalue weighted by atomic mass is 15.0. The maximum atomic E-state index is 5.35. The van der Waals surface area contributed by atoms with E-state index in [4.69, 9.17) is 15.0 Å². The Kier molecular flexibility index (Phi) is 7.78. The molecular formula is C55H35N5. The summed E-state index contributed by atoms with van der Waals surface area (Å²) in [5, 5.41) is 5.91. The number of pyridine rings is 1. The summed E-state index contributed by atoms with van der Waals surface area (Å²) in [5.41, 5.74) is 14.6. The molecular weight excluding hydrogens is 731 g/mol. The molecule has 12 rings (SSSR count). The Morgan fingerprint density at radius 3 is 1.43 bits per heavy atom. The fourth-order valence-corrected chi connectivity index (χ4v) is 8.98. The molecule has 0 N–H and O–H groups in total. The van der Waals surface area contributed by atoms with Crippen LogP contribution in [0.15, 0.2) is 212 Å². The molecule has 4 heterocycles. The van der Waals surface area contributed by atoms with Gasteiger partial charge in [-0.05, 0) is 54.6 Å². The lowest BCUT2D eigenvalue weighted by Gasteiger charge is -2.13. The van der Waals surface area contributed by atoms with Crippen molar-refractivity contribution in [3.05, 3.63) is 212 Å². The van der Waals surface area contributed by atoms with Crippen LogP contribution in [0.2, 0.25) is 0 Å². The summed E-state index contributed by atoms with van der Waals surface area (Å²) in [7, 11) is 0. The Hall–Kier alpha value is -8.15. The SMILES string of the molecule is c1ccc(-c2cc(-c3ccc(-n4c5ccccc5c5ccccc54)cc3)nc(-c3ccc(-c4nc5ccccc5c5c4c4ccccc4n5-c4ccccc4)cc3)n2)cc1. The topological polar surface area (TPSA) is 48.5 Å². The van der Waals surface area contributed by atoms with Gasteiger partial charge in [0, 0.05) is 60.6 Å². The highest BCUT2D eigenvalue weighted by Gasteiger charge is 2.21. The summed E-state index contributed by atoms with van der Waals surface area (Å²) >= 11 is 0. The van der Waals surface area contributed by atoms with Gasteiger partial charge in [0.15, 0.2) is 5.82 Å². The van der Waals surface area contributed by atoms with E-state index in [1.807, 2.05) is 6.07 Å². The molecule has 0 unspecified atom stereocenters. The zero-order valence-corrected chi connectivity index (χ0v) is 32.4. The monoisotopic (exact) mass is 765 g/mol. The molecule has 0 fully saturated rings. The molecule has 4 aromatic heterocycles. The highest BCUT2D eigenvalue weighted by molar-refractivity contribution is 6.22. The van der Waals surface area contributed by atoms with Crippen LogP contribution in [-0.2, 0) is 0 Å². The van der Waals surface area contributed by atoms with Gasteiger partial charge in [0.25, 0.3) is 0 Å². The molecule has 0 amide bonds. The minimum Gasteiger partial charge on any atom is -0.309 e. The first-order chi connectivity index (χ1) is 29.8. The van der Waals surface area contributed by atoms with E-state index in [0.717, 1.165) is 78.0 Å². The van der Waals surface area contributed by atoms with E-state index in [-0.39, 0.29) is 0 Å². The minimum atomic E-state index is 0.668. The molecule has 0 radical (unpaired) electrons. The maximum absolute atomic E-state index is 5.35. The van der Waals surface area contributed by atoms with Crippen LogP contribution >= 0.6 is 0 Å². The van der Waals surface area contributed by atoms with Crippen LogP contribution in [-0.4, -0.2) is 24.1 Å². The lowest BCUT2D eigenvalue weighted by Crippen LogP contribution is -1.97. The van der Waals surface area contributed by atoms with Crippen molar-refractivity contribution in [1.29, 1.82) is 0 Å². The third-order valence-electron chi connectivity index (χ3n) is 11.7. The van der Waals surface area contributed by atoms with Crippen molar-refractivity contribution >= 4 is 54.5 Å². The Morgan fingerprint density at radius 1 is 0.317 bits per heavy atom. The lowest BCUT2D eigenvalue weighted by atomic mass is 10.0. The first-order valence-corrected chi connectivity index (χ1v) is 20.3. The number of rotatable bonds is 6. The van der Waals surface area contributed by atoms with E-state index in [1.54, 1.807) is 0 Å². The molecule has 0 aliphatic heterocycles. The zero-order chi connectivity index (χ0) is 39.6. The van der Waals surface area contributed by atoms with Gasteiger partial charge in [-0.25, -0.2) is 15.0 Å². The summed E-state index contributed by atoms with van der Waals surface area (Å²) < 4.78 is 4.72. The average molecular weight is 766 g/mol. The van der Waals surface area contributed by atoms with Crippen molar-refractivity contribution in [2.75, 3.05) is 0 Å². The van der Waals surface area contributed by atoms with Crippen LogP contribution < -0.4 is 0 Å². The number of para-hydroxylation sites is 5. The van der Waals surface area contributed by atoms with Gasteiger partial charge in [0.05, 0.1) is 44.7 Å². The molecule has 0 aliphatic carbocycles. The smallest absolute Gasteiger partial charge is 0.160 e. The molecule has 0 atom stereocenters. The third kappa shape index (κ3) is 5.44. The largest absolute Gasteiger partial charge is 0.309 e. The summed E-state index contributed by atoms with van der Waals surface area (Å²) in [4.78, 5) is 15.7. The van der Waals surface area contributed by atoms with Crippen molar-refractivity contribution in [3.8, 4) is 56.5 Å². The van der Waals surface area contributed by atoms with E-state index in [1.165, 1.54) is 27.2 Å². The minimum absolute atomic E-state index is 0.668. The molecule has 5 heteroatoms. The van der Waals surface area contributed by atoms with E-state index in [0.29, 0.717) is 5.82 Å². The first kappa shape index (κ1) is 33.9. The Balaban J connectivity index is 0.986. The van der Waals surface area contributed by atoms with Crippen molar-refractivity contribution in [1.82, 2.24) is 24.1 Å². The van der Waals surface area contributed by atoms with Crippen LogP contribution in [0.5, 0.6) is 0 Å². The fourth-order valence-electron chi connectivity index (χ4n) is 8.98. The molecule has 8 aromatic carbocycles.